The summed E-state index contributed by atoms with van der Waals surface area (Å²) in [6, 6.07) is 9.63. The third-order valence-electron chi connectivity index (χ3n) is 1.54. The van der Waals surface area contributed by atoms with E-state index in [1.807, 2.05) is 30.3 Å². The van der Waals surface area contributed by atoms with Gasteiger partial charge in [-0.1, -0.05) is 41.3 Å². The summed E-state index contributed by atoms with van der Waals surface area (Å²) in [5.41, 5.74) is 0. The first-order valence-corrected chi connectivity index (χ1v) is 5.69. The summed E-state index contributed by atoms with van der Waals surface area (Å²) >= 11 is 2.48. The Labute approximate surface area is 94.0 Å². The standard InChI is InChI=1S/C9H6N2O2S2/c12-8(13)7-10-11-9(15-7)14-6-4-2-1-3-5-6/h1-5H,(H,12,13). The zero-order valence-corrected chi connectivity index (χ0v) is 9.09. The van der Waals surface area contributed by atoms with Crippen molar-refractivity contribution in [2.45, 2.75) is 9.24 Å². The van der Waals surface area contributed by atoms with Crippen molar-refractivity contribution in [2.24, 2.45) is 0 Å². The average Bonchev–Trinajstić information content (AvgIpc) is 2.68. The van der Waals surface area contributed by atoms with Crippen LogP contribution in [-0.4, -0.2) is 21.3 Å². The topological polar surface area (TPSA) is 63.1 Å². The molecule has 76 valence electrons. The number of nitrogens with zero attached hydrogens (tertiary/aromatic N) is 2. The van der Waals surface area contributed by atoms with Crippen molar-refractivity contribution >= 4 is 29.1 Å². The first-order chi connectivity index (χ1) is 7.25. The minimum Gasteiger partial charge on any atom is -0.476 e. The number of hydrogen-bond donors (Lipinski definition) is 1. The first kappa shape index (κ1) is 10.1. The molecule has 1 aromatic heterocycles. The molecule has 4 nitrogen and oxygen atoms in total. The highest BCUT2D eigenvalue weighted by Gasteiger charge is 2.11. The molecule has 0 saturated heterocycles. The molecule has 0 amide bonds. The van der Waals surface area contributed by atoms with E-state index in [1.165, 1.54) is 11.8 Å². The minimum absolute atomic E-state index is 0.0217. The highest BCUT2D eigenvalue weighted by Crippen LogP contribution is 2.29. The van der Waals surface area contributed by atoms with Gasteiger partial charge in [0, 0.05) is 4.90 Å². The number of carboxylic acids is 1. The quantitative estimate of drug-likeness (QED) is 0.889. The van der Waals surface area contributed by atoms with Crippen LogP contribution in [0.2, 0.25) is 0 Å². The van der Waals surface area contributed by atoms with E-state index in [0.29, 0.717) is 4.34 Å². The summed E-state index contributed by atoms with van der Waals surface area (Å²) in [4.78, 5) is 11.6. The fourth-order valence-corrected chi connectivity index (χ4v) is 2.61. The number of carboxylic acid groups (broad SMARTS) is 1. The Bertz CT molecular complexity index is 470. The van der Waals surface area contributed by atoms with Crippen molar-refractivity contribution in [1.29, 1.82) is 0 Å². The summed E-state index contributed by atoms with van der Waals surface area (Å²) in [5, 5.41) is 16.0. The average molecular weight is 238 g/mol. The Balaban J connectivity index is 2.15. The van der Waals surface area contributed by atoms with Crippen molar-refractivity contribution < 1.29 is 9.90 Å². The molecule has 1 N–H and O–H groups in total. The second kappa shape index (κ2) is 4.41. The van der Waals surface area contributed by atoms with Crippen molar-refractivity contribution in [1.82, 2.24) is 10.2 Å². The van der Waals surface area contributed by atoms with Crippen LogP contribution in [0.3, 0.4) is 0 Å². The van der Waals surface area contributed by atoms with Crippen LogP contribution in [-0.2, 0) is 0 Å². The van der Waals surface area contributed by atoms with Gasteiger partial charge in [-0.2, -0.15) is 0 Å². The summed E-state index contributed by atoms with van der Waals surface area (Å²) in [6.07, 6.45) is 0. The number of carbonyl (C=O) groups is 1. The van der Waals surface area contributed by atoms with E-state index in [-0.39, 0.29) is 5.01 Å². The lowest BCUT2D eigenvalue weighted by Crippen LogP contribution is -1.93. The maximum Gasteiger partial charge on any atom is 0.367 e. The molecule has 0 atom stereocenters. The van der Waals surface area contributed by atoms with Gasteiger partial charge in [-0.3, -0.25) is 0 Å². The molecule has 0 aliphatic carbocycles. The Morgan fingerprint density at radius 3 is 2.60 bits per heavy atom. The van der Waals surface area contributed by atoms with Crippen molar-refractivity contribution in [3.05, 3.63) is 35.3 Å². The fourth-order valence-electron chi connectivity index (χ4n) is 0.927. The lowest BCUT2D eigenvalue weighted by atomic mass is 10.4. The highest BCUT2D eigenvalue weighted by molar-refractivity contribution is 8.01. The van der Waals surface area contributed by atoms with E-state index in [4.69, 9.17) is 5.11 Å². The predicted octanol–water partition coefficient (Wildman–Crippen LogP) is 2.39. The van der Waals surface area contributed by atoms with Gasteiger partial charge >= 0.3 is 5.97 Å². The third kappa shape index (κ3) is 2.54. The zero-order valence-electron chi connectivity index (χ0n) is 7.45. The van der Waals surface area contributed by atoms with Crippen LogP contribution in [0.5, 0.6) is 0 Å². The molecular formula is C9H6N2O2S2. The van der Waals surface area contributed by atoms with Gasteiger partial charge in [-0.15, -0.1) is 10.2 Å². The van der Waals surface area contributed by atoms with Gasteiger partial charge < -0.3 is 5.11 Å². The predicted molar refractivity (Wildman–Crippen MR) is 57.4 cm³/mol. The Morgan fingerprint density at radius 1 is 1.27 bits per heavy atom. The van der Waals surface area contributed by atoms with Crippen molar-refractivity contribution in [3.8, 4) is 0 Å². The number of aromatic carboxylic acids is 1. The zero-order chi connectivity index (χ0) is 10.7. The van der Waals surface area contributed by atoms with Crippen LogP contribution in [0.25, 0.3) is 0 Å². The molecule has 1 aromatic carbocycles. The summed E-state index contributed by atoms with van der Waals surface area (Å²) in [7, 11) is 0. The molecule has 15 heavy (non-hydrogen) atoms. The molecule has 2 aromatic rings. The molecule has 0 aliphatic heterocycles. The molecule has 6 heteroatoms. The molecule has 0 fully saturated rings. The van der Waals surface area contributed by atoms with E-state index in [2.05, 4.69) is 10.2 Å². The highest BCUT2D eigenvalue weighted by atomic mass is 32.2. The second-order valence-corrected chi connectivity index (χ2v) is 4.89. The van der Waals surface area contributed by atoms with E-state index in [9.17, 15) is 4.79 Å². The number of rotatable bonds is 3. The second-order valence-electron chi connectivity index (χ2n) is 2.59. The van der Waals surface area contributed by atoms with Gasteiger partial charge in [-0.05, 0) is 12.1 Å². The van der Waals surface area contributed by atoms with Crippen LogP contribution >= 0.6 is 23.1 Å². The van der Waals surface area contributed by atoms with Crippen LogP contribution < -0.4 is 0 Å². The Kier molecular flexibility index (Phi) is 2.98. The van der Waals surface area contributed by atoms with Gasteiger partial charge in [0.05, 0.1) is 0 Å². The molecule has 2 rings (SSSR count). The smallest absolute Gasteiger partial charge is 0.367 e. The Hall–Kier alpha value is -1.40. The molecule has 0 aliphatic rings. The van der Waals surface area contributed by atoms with Crippen molar-refractivity contribution in [3.63, 3.8) is 0 Å². The van der Waals surface area contributed by atoms with Crippen molar-refractivity contribution in [2.75, 3.05) is 0 Å². The number of aromatic nitrogens is 2. The first-order valence-electron chi connectivity index (χ1n) is 4.05. The van der Waals surface area contributed by atoms with Gasteiger partial charge in [0.1, 0.15) is 0 Å². The van der Waals surface area contributed by atoms with Gasteiger partial charge in [0.15, 0.2) is 4.34 Å². The van der Waals surface area contributed by atoms with E-state index >= 15 is 0 Å². The van der Waals surface area contributed by atoms with E-state index < -0.39 is 5.97 Å². The largest absolute Gasteiger partial charge is 0.476 e. The summed E-state index contributed by atoms with van der Waals surface area (Å²) in [5.74, 6) is -1.03. The molecule has 0 saturated carbocycles. The summed E-state index contributed by atoms with van der Waals surface area (Å²) < 4.78 is 0.638. The summed E-state index contributed by atoms with van der Waals surface area (Å²) in [6.45, 7) is 0. The van der Waals surface area contributed by atoms with E-state index in [1.54, 1.807) is 0 Å². The van der Waals surface area contributed by atoms with Crippen LogP contribution in [0.15, 0.2) is 39.6 Å². The third-order valence-corrected chi connectivity index (χ3v) is 3.51. The van der Waals surface area contributed by atoms with Crippen LogP contribution in [0.1, 0.15) is 9.80 Å². The molecule has 0 radical (unpaired) electrons. The lowest BCUT2D eigenvalue weighted by molar-refractivity contribution is 0.0695. The maximum atomic E-state index is 10.6. The number of benzene rings is 1. The van der Waals surface area contributed by atoms with Gasteiger partial charge in [0.25, 0.3) is 0 Å². The minimum atomic E-state index is -1.03. The maximum absolute atomic E-state index is 10.6. The molecule has 0 spiro atoms. The van der Waals surface area contributed by atoms with Gasteiger partial charge in [0.2, 0.25) is 5.01 Å². The SMILES string of the molecule is O=C(O)c1nnc(Sc2ccccc2)s1. The molecular weight excluding hydrogens is 232 g/mol. The van der Waals surface area contributed by atoms with E-state index in [0.717, 1.165) is 16.2 Å². The molecule has 0 bridgehead atoms. The monoisotopic (exact) mass is 238 g/mol. The van der Waals surface area contributed by atoms with Crippen LogP contribution in [0.4, 0.5) is 0 Å². The normalized spacial score (nSPS) is 10.1. The lowest BCUT2D eigenvalue weighted by Gasteiger charge is -1.93. The molecule has 0 unspecified atom stereocenters. The fraction of sp³-hybridized carbons (Fsp3) is 0. The Morgan fingerprint density at radius 2 is 2.00 bits per heavy atom. The van der Waals surface area contributed by atoms with Gasteiger partial charge in [-0.25, -0.2) is 4.79 Å². The van der Waals surface area contributed by atoms with Crippen LogP contribution in [0, 0.1) is 0 Å². The molecule has 1 heterocycles. The number of hydrogen-bond acceptors (Lipinski definition) is 5.